The number of halogens is 1. The number of thiazole rings is 1. The molecule has 6 heteroatoms. The van der Waals surface area contributed by atoms with E-state index in [0.717, 1.165) is 31.9 Å². The van der Waals surface area contributed by atoms with Crippen molar-refractivity contribution >= 4 is 43.8 Å². The highest BCUT2D eigenvalue weighted by molar-refractivity contribution is 9.10. The van der Waals surface area contributed by atoms with Crippen LogP contribution in [0.15, 0.2) is 64.6 Å². The van der Waals surface area contributed by atoms with Gasteiger partial charge in [-0.25, -0.2) is 4.98 Å². The van der Waals surface area contributed by atoms with E-state index < -0.39 is 0 Å². The molecule has 0 bridgehead atoms. The maximum atomic E-state index is 12.2. The molecule has 2 aromatic carbocycles. The van der Waals surface area contributed by atoms with Crippen LogP contribution in [-0.4, -0.2) is 15.3 Å². The third-order valence-electron chi connectivity index (χ3n) is 4.11. The largest absolute Gasteiger partial charge is 0.326 e. The quantitative estimate of drug-likeness (QED) is 0.481. The average molecular weight is 426 g/mol. The normalized spacial score (nSPS) is 11.0. The number of carbonyl (C=O) groups excluding carboxylic acids is 1. The smallest absolute Gasteiger partial charge is 0.228 e. The fraction of sp³-hybridized carbons (Fsp3) is 0.100. The van der Waals surface area contributed by atoms with Crippen LogP contribution in [-0.2, 0) is 11.2 Å². The number of carbonyl (C=O) groups is 1. The summed E-state index contributed by atoms with van der Waals surface area (Å²) in [5.74, 6) is -0.0334. The summed E-state index contributed by atoms with van der Waals surface area (Å²) in [5, 5.41) is 5.03. The van der Waals surface area contributed by atoms with Gasteiger partial charge in [-0.1, -0.05) is 40.2 Å². The van der Waals surface area contributed by atoms with Crippen molar-refractivity contribution in [1.82, 2.24) is 9.38 Å². The van der Waals surface area contributed by atoms with E-state index in [4.69, 9.17) is 0 Å². The van der Waals surface area contributed by atoms with Crippen molar-refractivity contribution in [2.24, 2.45) is 0 Å². The van der Waals surface area contributed by atoms with Gasteiger partial charge < -0.3 is 5.32 Å². The Morgan fingerprint density at radius 2 is 2.04 bits per heavy atom. The highest BCUT2D eigenvalue weighted by Gasteiger charge is 2.09. The van der Waals surface area contributed by atoms with Crippen LogP contribution in [0.3, 0.4) is 0 Å². The van der Waals surface area contributed by atoms with E-state index in [1.54, 1.807) is 11.3 Å². The number of rotatable bonds is 4. The van der Waals surface area contributed by atoms with E-state index in [1.807, 2.05) is 54.7 Å². The average Bonchev–Trinajstić information content (AvgIpc) is 3.18. The lowest BCUT2D eigenvalue weighted by Gasteiger charge is -2.06. The zero-order valence-electron chi connectivity index (χ0n) is 14.1. The molecule has 4 aromatic rings. The van der Waals surface area contributed by atoms with E-state index >= 15 is 0 Å². The number of amides is 1. The van der Waals surface area contributed by atoms with Gasteiger partial charge in [0.15, 0.2) is 4.96 Å². The molecule has 0 radical (unpaired) electrons. The Kier molecular flexibility index (Phi) is 4.61. The second-order valence-corrected chi connectivity index (χ2v) is 7.84. The second-order valence-electron chi connectivity index (χ2n) is 6.09. The first kappa shape index (κ1) is 17.0. The van der Waals surface area contributed by atoms with Crippen molar-refractivity contribution in [1.29, 1.82) is 0 Å². The summed E-state index contributed by atoms with van der Waals surface area (Å²) in [6, 6.07) is 15.6. The van der Waals surface area contributed by atoms with E-state index in [1.165, 1.54) is 5.69 Å². The van der Waals surface area contributed by atoms with Gasteiger partial charge in [-0.3, -0.25) is 9.20 Å². The van der Waals surface area contributed by atoms with Gasteiger partial charge in [0.05, 0.1) is 12.1 Å². The van der Waals surface area contributed by atoms with Crippen LogP contribution in [0.4, 0.5) is 5.69 Å². The monoisotopic (exact) mass is 425 g/mol. The summed E-state index contributed by atoms with van der Waals surface area (Å²) in [5.41, 5.74) is 4.91. The van der Waals surface area contributed by atoms with Crippen molar-refractivity contribution in [2.45, 2.75) is 13.3 Å². The summed E-state index contributed by atoms with van der Waals surface area (Å²) in [6.45, 7) is 2.07. The fourth-order valence-electron chi connectivity index (χ4n) is 2.79. The third-order valence-corrected chi connectivity index (χ3v) is 5.56. The predicted molar refractivity (Wildman–Crippen MR) is 110 cm³/mol. The molecule has 4 nitrogen and oxygen atoms in total. The molecular weight excluding hydrogens is 410 g/mol. The Labute approximate surface area is 163 Å². The number of nitrogens with zero attached hydrogens (tertiary/aromatic N) is 2. The summed E-state index contributed by atoms with van der Waals surface area (Å²) < 4.78 is 3.07. The number of hydrogen-bond donors (Lipinski definition) is 1. The molecule has 0 saturated heterocycles. The first-order valence-corrected chi connectivity index (χ1v) is 9.84. The molecule has 0 aliphatic rings. The Bertz CT molecular complexity index is 1080. The number of anilines is 1. The molecule has 130 valence electrons. The molecular formula is C20H16BrN3OS. The van der Waals surface area contributed by atoms with Gasteiger partial charge >= 0.3 is 0 Å². The highest BCUT2D eigenvalue weighted by Crippen LogP contribution is 2.24. The summed E-state index contributed by atoms with van der Waals surface area (Å²) >= 11 is 5.06. The zero-order valence-corrected chi connectivity index (χ0v) is 16.5. The minimum absolute atomic E-state index is 0.0334. The summed E-state index contributed by atoms with van der Waals surface area (Å²) in [7, 11) is 0. The summed E-state index contributed by atoms with van der Waals surface area (Å²) in [6.07, 6.45) is 2.39. The Morgan fingerprint density at radius 1 is 1.23 bits per heavy atom. The number of aryl methyl sites for hydroxylation is 1. The van der Waals surface area contributed by atoms with Crippen LogP contribution in [0.2, 0.25) is 0 Å². The number of hydrogen-bond acceptors (Lipinski definition) is 3. The number of fused-ring (bicyclic) bond motifs is 1. The van der Waals surface area contributed by atoms with Crippen LogP contribution in [0, 0.1) is 6.92 Å². The van der Waals surface area contributed by atoms with Crippen molar-refractivity contribution in [3.8, 4) is 11.3 Å². The Balaban J connectivity index is 1.46. The van der Waals surface area contributed by atoms with Crippen LogP contribution in [0.5, 0.6) is 0 Å². The van der Waals surface area contributed by atoms with Crippen molar-refractivity contribution in [3.63, 3.8) is 0 Å². The lowest BCUT2D eigenvalue weighted by molar-refractivity contribution is -0.115. The van der Waals surface area contributed by atoms with E-state index in [9.17, 15) is 4.79 Å². The van der Waals surface area contributed by atoms with Gasteiger partial charge in [0.1, 0.15) is 0 Å². The molecule has 1 N–H and O–H groups in total. The number of nitrogens with one attached hydrogen (secondary N) is 1. The topological polar surface area (TPSA) is 46.4 Å². The first-order chi connectivity index (χ1) is 12.6. The SMILES string of the molecule is Cc1csc2nc(-c3ccc(NC(=O)Cc4cccc(Br)c4)cc3)cn12. The molecule has 2 heterocycles. The highest BCUT2D eigenvalue weighted by atomic mass is 79.9. The lowest BCUT2D eigenvalue weighted by Crippen LogP contribution is -2.14. The number of imidazole rings is 1. The van der Waals surface area contributed by atoms with Crippen molar-refractivity contribution in [2.75, 3.05) is 5.32 Å². The van der Waals surface area contributed by atoms with E-state index in [-0.39, 0.29) is 5.91 Å². The maximum absolute atomic E-state index is 12.2. The fourth-order valence-corrected chi connectivity index (χ4v) is 4.09. The molecule has 0 saturated carbocycles. The minimum atomic E-state index is -0.0334. The van der Waals surface area contributed by atoms with E-state index in [2.05, 4.69) is 42.9 Å². The van der Waals surface area contributed by atoms with Gasteiger partial charge in [0.25, 0.3) is 0 Å². The van der Waals surface area contributed by atoms with Gasteiger partial charge in [-0.15, -0.1) is 11.3 Å². The predicted octanol–water partition coefficient (Wildman–Crippen LogP) is 5.31. The van der Waals surface area contributed by atoms with Crippen LogP contribution >= 0.6 is 27.3 Å². The van der Waals surface area contributed by atoms with E-state index in [0.29, 0.717) is 6.42 Å². The molecule has 1 amide bonds. The van der Waals surface area contributed by atoms with Gasteiger partial charge in [0.2, 0.25) is 5.91 Å². The maximum Gasteiger partial charge on any atom is 0.228 e. The molecule has 0 unspecified atom stereocenters. The van der Waals surface area contributed by atoms with Crippen LogP contribution < -0.4 is 5.32 Å². The molecule has 0 fully saturated rings. The van der Waals surface area contributed by atoms with Crippen molar-refractivity contribution in [3.05, 3.63) is 75.8 Å². The molecule has 2 aromatic heterocycles. The molecule has 0 spiro atoms. The van der Waals surface area contributed by atoms with Gasteiger partial charge in [0, 0.05) is 33.0 Å². The summed E-state index contributed by atoms with van der Waals surface area (Å²) in [4.78, 5) is 17.9. The van der Waals surface area contributed by atoms with Gasteiger partial charge in [-0.05, 0) is 36.8 Å². The van der Waals surface area contributed by atoms with Gasteiger partial charge in [-0.2, -0.15) is 0 Å². The first-order valence-electron chi connectivity index (χ1n) is 8.16. The molecule has 4 rings (SSSR count). The molecule has 26 heavy (non-hydrogen) atoms. The number of aromatic nitrogens is 2. The molecule has 0 aliphatic heterocycles. The third kappa shape index (κ3) is 3.57. The lowest BCUT2D eigenvalue weighted by atomic mass is 10.1. The minimum Gasteiger partial charge on any atom is -0.326 e. The zero-order chi connectivity index (χ0) is 18.1. The Hall–Kier alpha value is -2.44. The number of benzene rings is 2. The van der Waals surface area contributed by atoms with Crippen LogP contribution in [0.25, 0.3) is 16.2 Å². The van der Waals surface area contributed by atoms with Crippen molar-refractivity contribution < 1.29 is 4.79 Å². The standard InChI is InChI=1S/C20H16BrN3OS/c1-13-12-26-20-23-18(11-24(13)20)15-5-7-17(8-6-15)22-19(25)10-14-3-2-4-16(21)9-14/h2-9,11-12H,10H2,1H3,(H,22,25). The van der Waals surface area contributed by atoms with Crippen LogP contribution in [0.1, 0.15) is 11.3 Å². The molecule has 0 atom stereocenters. The molecule has 0 aliphatic carbocycles. The Morgan fingerprint density at radius 3 is 2.77 bits per heavy atom. The second kappa shape index (κ2) is 7.05.